The highest BCUT2D eigenvalue weighted by Gasteiger charge is 2.22. The molecule has 1 unspecified atom stereocenters. The molecule has 3 rings (SSSR count). The van der Waals surface area contributed by atoms with Crippen molar-refractivity contribution in [3.63, 3.8) is 0 Å². The Morgan fingerprint density at radius 1 is 1.29 bits per heavy atom. The van der Waals surface area contributed by atoms with Crippen LogP contribution in [-0.4, -0.2) is 13.2 Å². The number of nitrogens with one attached hydrogen (secondary N) is 1. The van der Waals surface area contributed by atoms with E-state index < -0.39 is 0 Å². The summed E-state index contributed by atoms with van der Waals surface area (Å²) in [4.78, 5) is 0. The number of hydrogen-bond donors (Lipinski definition) is 1. The fourth-order valence-electron chi connectivity index (χ4n) is 2.57. The summed E-state index contributed by atoms with van der Waals surface area (Å²) in [6, 6.07) is 14.4. The van der Waals surface area contributed by atoms with Gasteiger partial charge in [0.2, 0.25) is 0 Å². The van der Waals surface area contributed by atoms with Gasteiger partial charge < -0.3 is 14.8 Å². The first-order chi connectivity index (χ1) is 10.3. The molecule has 0 aromatic heterocycles. The minimum absolute atomic E-state index is 0.229. The molecule has 0 fully saturated rings. The number of hydrogen-bond acceptors (Lipinski definition) is 3. The number of halogens is 1. The summed E-state index contributed by atoms with van der Waals surface area (Å²) >= 11 is 3.53. The highest BCUT2D eigenvalue weighted by molar-refractivity contribution is 9.10. The molecule has 0 saturated heterocycles. The Morgan fingerprint density at radius 2 is 2.14 bits per heavy atom. The Labute approximate surface area is 133 Å². The average Bonchev–Trinajstić information content (AvgIpc) is 2.50. The topological polar surface area (TPSA) is 30.5 Å². The summed E-state index contributed by atoms with van der Waals surface area (Å²) in [7, 11) is 0. The molecule has 110 valence electrons. The van der Waals surface area contributed by atoms with Crippen LogP contribution in [0.25, 0.3) is 0 Å². The molecule has 0 bridgehead atoms. The van der Waals surface area contributed by atoms with Crippen molar-refractivity contribution in [2.75, 3.05) is 18.5 Å². The Bertz CT molecular complexity index is 630. The van der Waals surface area contributed by atoms with Crippen molar-refractivity contribution in [3.05, 3.63) is 52.5 Å². The lowest BCUT2D eigenvalue weighted by Crippen LogP contribution is -2.20. The SMILES string of the molecule is CCOc1ccccc1NC1CCOc2ccc(Br)cc21. The van der Waals surface area contributed by atoms with E-state index in [1.165, 1.54) is 5.56 Å². The first-order valence-electron chi connectivity index (χ1n) is 7.18. The van der Waals surface area contributed by atoms with Gasteiger partial charge in [0.1, 0.15) is 11.5 Å². The van der Waals surface area contributed by atoms with Crippen LogP contribution in [0.15, 0.2) is 46.9 Å². The highest BCUT2D eigenvalue weighted by atomic mass is 79.9. The molecule has 2 aromatic carbocycles. The van der Waals surface area contributed by atoms with E-state index in [0.717, 1.165) is 34.7 Å². The number of para-hydroxylation sites is 2. The van der Waals surface area contributed by atoms with Gasteiger partial charge in [-0.2, -0.15) is 0 Å². The molecule has 1 aliphatic heterocycles. The van der Waals surface area contributed by atoms with Gasteiger partial charge in [-0.3, -0.25) is 0 Å². The molecule has 1 heterocycles. The van der Waals surface area contributed by atoms with E-state index in [0.29, 0.717) is 6.61 Å². The second-order valence-corrected chi connectivity index (χ2v) is 5.86. The van der Waals surface area contributed by atoms with Gasteiger partial charge in [0.05, 0.1) is 24.9 Å². The van der Waals surface area contributed by atoms with Crippen molar-refractivity contribution in [2.45, 2.75) is 19.4 Å². The van der Waals surface area contributed by atoms with Crippen molar-refractivity contribution >= 4 is 21.6 Å². The zero-order valence-corrected chi connectivity index (χ0v) is 13.5. The van der Waals surface area contributed by atoms with Crippen molar-refractivity contribution in [2.24, 2.45) is 0 Å². The third-order valence-electron chi connectivity index (χ3n) is 3.53. The van der Waals surface area contributed by atoms with Crippen molar-refractivity contribution < 1.29 is 9.47 Å². The monoisotopic (exact) mass is 347 g/mol. The van der Waals surface area contributed by atoms with Crippen LogP contribution >= 0.6 is 15.9 Å². The van der Waals surface area contributed by atoms with Crippen LogP contribution in [0.2, 0.25) is 0 Å². The number of anilines is 1. The van der Waals surface area contributed by atoms with E-state index in [1.807, 2.05) is 37.3 Å². The van der Waals surface area contributed by atoms with Gasteiger partial charge in [0.25, 0.3) is 0 Å². The number of fused-ring (bicyclic) bond motifs is 1. The molecule has 0 saturated carbocycles. The van der Waals surface area contributed by atoms with Gasteiger partial charge in [-0.25, -0.2) is 0 Å². The van der Waals surface area contributed by atoms with Crippen LogP contribution in [-0.2, 0) is 0 Å². The van der Waals surface area contributed by atoms with Gasteiger partial charge in [-0.15, -0.1) is 0 Å². The Hall–Kier alpha value is -1.68. The summed E-state index contributed by atoms with van der Waals surface area (Å²) in [5.74, 6) is 1.85. The van der Waals surface area contributed by atoms with E-state index >= 15 is 0 Å². The largest absolute Gasteiger partial charge is 0.493 e. The quantitative estimate of drug-likeness (QED) is 0.862. The lowest BCUT2D eigenvalue weighted by molar-refractivity contribution is 0.273. The molecule has 21 heavy (non-hydrogen) atoms. The minimum atomic E-state index is 0.229. The average molecular weight is 348 g/mol. The normalized spacial score (nSPS) is 16.8. The van der Waals surface area contributed by atoms with Crippen LogP contribution in [0.4, 0.5) is 5.69 Å². The van der Waals surface area contributed by atoms with Crippen molar-refractivity contribution in [1.82, 2.24) is 0 Å². The molecule has 0 radical (unpaired) electrons. The third-order valence-corrected chi connectivity index (χ3v) is 4.02. The first kappa shape index (κ1) is 14.3. The summed E-state index contributed by atoms with van der Waals surface area (Å²) in [6.07, 6.45) is 0.934. The Balaban J connectivity index is 1.88. The van der Waals surface area contributed by atoms with Crippen LogP contribution in [0.3, 0.4) is 0 Å². The first-order valence-corrected chi connectivity index (χ1v) is 7.98. The van der Waals surface area contributed by atoms with E-state index in [-0.39, 0.29) is 6.04 Å². The maximum atomic E-state index is 5.73. The van der Waals surface area contributed by atoms with Gasteiger partial charge in [-0.05, 0) is 37.3 Å². The van der Waals surface area contributed by atoms with E-state index in [2.05, 4.69) is 33.4 Å². The molecule has 1 atom stereocenters. The maximum absolute atomic E-state index is 5.73. The summed E-state index contributed by atoms with van der Waals surface area (Å²) < 4.78 is 12.5. The summed E-state index contributed by atoms with van der Waals surface area (Å²) in [5, 5.41) is 3.59. The summed E-state index contributed by atoms with van der Waals surface area (Å²) in [5.41, 5.74) is 2.21. The van der Waals surface area contributed by atoms with Gasteiger partial charge in [-0.1, -0.05) is 28.1 Å². The minimum Gasteiger partial charge on any atom is -0.493 e. The maximum Gasteiger partial charge on any atom is 0.142 e. The Kier molecular flexibility index (Phi) is 4.34. The molecule has 0 amide bonds. The van der Waals surface area contributed by atoms with Gasteiger partial charge in [0.15, 0.2) is 0 Å². The second kappa shape index (κ2) is 6.39. The molecule has 3 nitrogen and oxygen atoms in total. The molecular weight excluding hydrogens is 330 g/mol. The standard InChI is InChI=1S/C17H18BrNO2/c1-2-20-17-6-4-3-5-15(17)19-14-9-10-21-16-8-7-12(18)11-13(14)16/h3-8,11,14,19H,2,9-10H2,1H3. The lowest BCUT2D eigenvalue weighted by atomic mass is 10.00. The number of rotatable bonds is 4. The Morgan fingerprint density at radius 3 is 3.00 bits per heavy atom. The molecule has 1 aliphatic rings. The van der Waals surface area contributed by atoms with Crippen LogP contribution in [0.5, 0.6) is 11.5 Å². The number of benzene rings is 2. The van der Waals surface area contributed by atoms with Crippen molar-refractivity contribution in [3.8, 4) is 11.5 Å². The molecule has 0 aliphatic carbocycles. The van der Waals surface area contributed by atoms with E-state index in [4.69, 9.17) is 9.47 Å². The smallest absolute Gasteiger partial charge is 0.142 e. The van der Waals surface area contributed by atoms with Crippen LogP contribution < -0.4 is 14.8 Å². The van der Waals surface area contributed by atoms with Gasteiger partial charge in [0, 0.05) is 16.5 Å². The number of ether oxygens (including phenoxy) is 2. The van der Waals surface area contributed by atoms with Crippen LogP contribution in [0, 0.1) is 0 Å². The zero-order valence-electron chi connectivity index (χ0n) is 11.9. The molecule has 4 heteroatoms. The zero-order chi connectivity index (χ0) is 14.7. The highest BCUT2D eigenvalue weighted by Crippen LogP contribution is 2.37. The van der Waals surface area contributed by atoms with Crippen molar-refractivity contribution in [1.29, 1.82) is 0 Å². The fraction of sp³-hybridized carbons (Fsp3) is 0.294. The second-order valence-electron chi connectivity index (χ2n) is 4.95. The van der Waals surface area contributed by atoms with Crippen LogP contribution in [0.1, 0.15) is 24.9 Å². The summed E-state index contributed by atoms with van der Waals surface area (Å²) in [6.45, 7) is 3.38. The molecular formula is C17H18BrNO2. The predicted molar refractivity (Wildman–Crippen MR) is 88.2 cm³/mol. The van der Waals surface area contributed by atoms with Gasteiger partial charge >= 0.3 is 0 Å². The molecule has 0 spiro atoms. The lowest BCUT2D eigenvalue weighted by Gasteiger charge is -2.28. The molecule has 2 aromatic rings. The van der Waals surface area contributed by atoms with E-state index in [1.54, 1.807) is 0 Å². The van der Waals surface area contributed by atoms with E-state index in [9.17, 15) is 0 Å². The third kappa shape index (κ3) is 3.16. The fourth-order valence-corrected chi connectivity index (χ4v) is 2.95. The molecule has 1 N–H and O–H groups in total. The predicted octanol–water partition coefficient (Wildman–Crippen LogP) is 4.78.